The van der Waals surface area contributed by atoms with Gasteiger partial charge in [-0.2, -0.15) is 0 Å². The molecular weight excluding hydrogens is 328 g/mol. The highest BCUT2D eigenvalue weighted by Gasteiger charge is 2.74. The van der Waals surface area contributed by atoms with E-state index in [4.69, 9.17) is 4.43 Å². The fraction of sp³-hybridized carbons (Fsp3) is 0.429. The van der Waals surface area contributed by atoms with Crippen molar-refractivity contribution in [3.63, 3.8) is 0 Å². The lowest BCUT2D eigenvalue weighted by molar-refractivity contribution is 0.0652. The molecule has 1 aliphatic carbocycles. The van der Waals surface area contributed by atoms with Gasteiger partial charge in [-0.05, 0) is 47.2 Å². The Labute approximate surface area is 149 Å². The van der Waals surface area contributed by atoms with Crippen LogP contribution >= 0.6 is 0 Å². The highest BCUT2D eigenvalue weighted by Crippen LogP contribution is 2.54. The number of rotatable bonds is 6. The Morgan fingerprint density at radius 2 is 1.60 bits per heavy atom. The molecule has 130 valence electrons. The largest absolute Gasteiger partial charge is 0.404 e. The molecule has 2 aromatic rings. The van der Waals surface area contributed by atoms with Gasteiger partial charge in [-0.15, -0.1) is 0 Å². The molecule has 0 amide bonds. The Bertz CT molecular complexity index is 795. The van der Waals surface area contributed by atoms with Crippen LogP contribution in [0.1, 0.15) is 43.7 Å². The summed E-state index contributed by atoms with van der Waals surface area (Å²) < 4.78 is 6.58. The maximum Gasteiger partial charge on any atom is 0.271 e. The fourth-order valence-corrected chi connectivity index (χ4v) is 10.3. The molecule has 2 N–H and O–H groups in total. The van der Waals surface area contributed by atoms with E-state index >= 15 is 0 Å². The van der Waals surface area contributed by atoms with Gasteiger partial charge in [0.05, 0.1) is 18.3 Å². The summed E-state index contributed by atoms with van der Waals surface area (Å²) in [5.41, 5.74) is 2.28. The first kappa shape index (κ1) is 15.8. The van der Waals surface area contributed by atoms with Gasteiger partial charge in [0.2, 0.25) is 0 Å². The van der Waals surface area contributed by atoms with Crippen molar-refractivity contribution in [1.82, 2.24) is 0 Å². The summed E-state index contributed by atoms with van der Waals surface area (Å²) in [5, 5.41) is 23.1. The summed E-state index contributed by atoms with van der Waals surface area (Å²) in [6.45, 7) is 2.67. The van der Waals surface area contributed by atoms with Crippen LogP contribution in [0, 0.1) is 0 Å². The Balaban J connectivity index is 1.41. The third-order valence-corrected chi connectivity index (χ3v) is 11.6. The van der Waals surface area contributed by atoms with Crippen molar-refractivity contribution in [1.29, 1.82) is 0 Å². The molecule has 1 fully saturated rings. The van der Waals surface area contributed by atoms with E-state index in [2.05, 4.69) is 55.5 Å². The predicted octanol–water partition coefficient (Wildman–Crippen LogP) is 1.60. The van der Waals surface area contributed by atoms with Gasteiger partial charge in [0.1, 0.15) is 0 Å². The van der Waals surface area contributed by atoms with Crippen molar-refractivity contribution in [2.24, 2.45) is 0 Å². The zero-order chi connectivity index (χ0) is 17.3. The topological polar surface area (TPSA) is 49.7 Å². The second kappa shape index (κ2) is 5.04. The number of hydrogen-bond donors (Lipinski definition) is 2. The van der Waals surface area contributed by atoms with Gasteiger partial charge in [0.15, 0.2) is 0 Å². The van der Waals surface area contributed by atoms with E-state index in [1.807, 2.05) is 0 Å². The molecule has 25 heavy (non-hydrogen) atoms. The molecule has 1 atom stereocenters. The molecule has 2 heterocycles. The van der Waals surface area contributed by atoms with Gasteiger partial charge in [-0.3, -0.25) is 0 Å². The highest BCUT2D eigenvalue weighted by atomic mass is 28.4. The SMILES string of the molecule is CC12c3ccccc3[Si]1(OC[C@@H](O)CCC1(O)CC1)c1ccccc12. The third kappa shape index (κ3) is 1.91. The minimum atomic E-state index is -2.23. The van der Waals surface area contributed by atoms with Gasteiger partial charge >= 0.3 is 0 Å². The van der Waals surface area contributed by atoms with E-state index in [1.165, 1.54) is 21.5 Å². The van der Waals surface area contributed by atoms with Gasteiger partial charge in [0.25, 0.3) is 8.32 Å². The van der Waals surface area contributed by atoms with Crippen LogP contribution in [0.4, 0.5) is 0 Å². The van der Waals surface area contributed by atoms with Crippen LogP contribution in [0.15, 0.2) is 48.5 Å². The molecular formula is C21H24O3Si. The maximum atomic E-state index is 10.4. The van der Waals surface area contributed by atoms with Crippen LogP contribution in [0.3, 0.4) is 0 Å². The molecule has 5 rings (SSSR count). The smallest absolute Gasteiger partial charge is 0.271 e. The Morgan fingerprint density at radius 3 is 2.16 bits per heavy atom. The van der Waals surface area contributed by atoms with Crippen molar-refractivity contribution < 1.29 is 14.6 Å². The lowest BCUT2D eigenvalue weighted by atomic mass is 9.88. The van der Waals surface area contributed by atoms with Crippen LogP contribution in [0.2, 0.25) is 0 Å². The van der Waals surface area contributed by atoms with Crippen molar-refractivity contribution in [3.8, 4) is 0 Å². The van der Waals surface area contributed by atoms with E-state index in [1.54, 1.807) is 0 Å². The minimum Gasteiger partial charge on any atom is -0.404 e. The molecule has 0 saturated heterocycles. The average Bonchev–Trinajstić information content (AvgIpc) is 3.37. The predicted molar refractivity (Wildman–Crippen MR) is 99.7 cm³/mol. The molecule has 2 aliphatic heterocycles. The summed E-state index contributed by atoms with van der Waals surface area (Å²) in [7, 11) is -2.23. The molecule has 3 nitrogen and oxygen atoms in total. The molecule has 0 spiro atoms. The highest BCUT2D eigenvalue weighted by molar-refractivity contribution is 7.07. The first-order chi connectivity index (χ1) is 12.0. The monoisotopic (exact) mass is 352 g/mol. The number of fused-ring (bicyclic) bond motifs is 7. The van der Waals surface area contributed by atoms with Gasteiger partial charge in [-0.1, -0.05) is 55.5 Å². The number of aliphatic hydroxyl groups is 2. The van der Waals surface area contributed by atoms with E-state index in [9.17, 15) is 10.2 Å². The number of hydrogen-bond acceptors (Lipinski definition) is 3. The third-order valence-electron chi connectivity index (χ3n) is 6.66. The summed E-state index contributed by atoms with van der Waals surface area (Å²) in [6, 6.07) is 17.3. The van der Waals surface area contributed by atoms with Crippen molar-refractivity contribution >= 4 is 18.7 Å². The Hall–Kier alpha value is -1.46. The second-order valence-corrected chi connectivity index (χ2v) is 11.9. The van der Waals surface area contributed by atoms with Gasteiger partial charge in [0, 0.05) is 5.04 Å². The minimum absolute atomic E-state index is 0.00853. The van der Waals surface area contributed by atoms with E-state index in [0.29, 0.717) is 19.4 Å². The Morgan fingerprint density at radius 1 is 1.04 bits per heavy atom. The van der Waals surface area contributed by atoms with Crippen LogP contribution < -0.4 is 10.4 Å². The quantitative estimate of drug-likeness (QED) is 0.777. The van der Waals surface area contributed by atoms with Crippen LogP contribution in [0.5, 0.6) is 0 Å². The second-order valence-electron chi connectivity index (χ2n) is 8.13. The zero-order valence-corrected chi connectivity index (χ0v) is 15.5. The summed E-state index contributed by atoms with van der Waals surface area (Å²) in [6.07, 6.45) is 2.53. The number of benzene rings is 2. The van der Waals surface area contributed by atoms with Gasteiger partial charge in [-0.25, -0.2) is 0 Å². The molecule has 2 aromatic carbocycles. The lowest BCUT2D eigenvalue weighted by Gasteiger charge is -2.65. The fourth-order valence-electron chi connectivity index (χ4n) is 4.97. The molecule has 4 heteroatoms. The van der Waals surface area contributed by atoms with Crippen molar-refractivity contribution in [2.75, 3.05) is 6.61 Å². The zero-order valence-electron chi connectivity index (χ0n) is 14.5. The molecule has 1 saturated carbocycles. The van der Waals surface area contributed by atoms with Crippen molar-refractivity contribution in [3.05, 3.63) is 59.7 Å². The lowest BCUT2D eigenvalue weighted by Crippen LogP contribution is -2.90. The van der Waals surface area contributed by atoms with E-state index in [0.717, 1.165) is 12.8 Å². The van der Waals surface area contributed by atoms with Crippen LogP contribution in [-0.4, -0.2) is 36.8 Å². The summed E-state index contributed by atoms with van der Waals surface area (Å²) in [4.78, 5) is 0. The number of aliphatic hydroxyl groups excluding tert-OH is 1. The van der Waals surface area contributed by atoms with E-state index < -0.39 is 20.0 Å². The summed E-state index contributed by atoms with van der Waals surface area (Å²) >= 11 is 0. The van der Waals surface area contributed by atoms with Crippen LogP contribution in [-0.2, 0) is 9.46 Å². The molecule has 0 aromatic heterocycles. The Kier molecular flexibility index (Phi) is 3.18. The normalized spacial score (nSPS) is 31.0. The van der Waals surface area contributed by atoms with Crippen molar-refractivity contribution in [2.45, 2.75) is 49.4 Å². The summed E-state index contributed by atoms with van der Waals surface area (Å²) in [5.74, 6) is 0. The average molecular weight is 353 g/mol. The standard InChI is InChI=1S/C21H24O3Si/c1-20-16-6-2-4-8-18(16)25(20,19-9-5-3-7-17(19)20)24-14-15(22)10-11-21(23)12-13-21/h2-9,15,22-23H,10-14H2,1H3/t15-,20?,25?/m0/s1. The van der Waals surface area contributed by atoms with Gasteiger partial charge < -0.3 is 14.6 Å². The van der Waals surface area contributed by atoms with Crippen LogP contribution in [0.25, 0.3) is 0 Å². The molecule has 0 unspecified atom stereocenters. The first-order valence-electron chi connectivity index (χ1n) is 9.26. The maximum absolute atomic E-state index is 10.4. The molecule has 3 aliphatic rings. The van der Waals surface area contributed by atoms with E-state index in [-0.39, 0.29) is 5.04 Å². The molecule has 0 bridgehead atoms. The first-order valence-corrected chi connectivity index (χ1v) is 11.2. The molecule has 0 radical (unpaired) electrons.